The van der Waals surface area contributed by atoms with Crippen molar-refractivity contribution in [3.05, 3.63) is 35.4 Å². The van der Waals surface area contributed by atoms with Crippen molar-refractivity contribution in [3.63, 3.8) is 0 Å². The zero-order valence-electron chi connectivity index (χ0n) is 8.97. The highest BCUT2D eigenvalue weighted by atomic mass is 19.2. The van der Waals surface area contributed by atoms with Crippen molar-refractivity contribution >= 4 is 0 Å². The Balaban J connectivity index is 2.65. The van der Waals surface area contributed by atoms with Crippen LogP contribution in [0.5, 0.6) is 0 Å². The first-order valence-electron chi connectivity index (χ1n) is 5.36. The quantitative estimate of drug-likeness (QED) is 0.744. The van der Waals surface area contributed by atoms with Gasteiger partial charge in [0, 0.05) is 11.6 Å². The molecule has 1 aromatic carbocycles. The summed E-state index contributed by atoms with van der Waals surface area (Å²) >= 11 is 0. The third-order valence-corrected chi connectivity index (χ3v) is 2.50. The zero-order chi connectivity index (χ0) is 11.3. The van der Waals surface area contributed by atoms with E-state index in [4.69, 9.17) is 5.73 Å². The van der Waals surface area contributed by atoms with Crippen LogP contribution in [0.3, 0.4) is 0 Å². The molecular weight excluding hydrogens is 196 g/mol. The molecule has 0 radical (unpaired) electrons. The monoisotopic (exact) mass is 213 g/mol. The molecule has 3 heteroatoms. The molecule has 1 atom stereocenters. The van der Waals surface area contributed by atoms with E-state index in [1.165, 1.54) is 6.07 Å². The van der Waals surface area contributed by atoms with Crippen molar-refractivity contribution in [2.75, 3.05) is 0 Å². The van der Waals surface area contributed by atoms with Crippen LogP contribution in [0.1, 0.15) is 44.2 Å². The molecule has 1 rings (SSSR count). The summed E-state index contributed by atoms with van der Waals surface area (Å²) in [5.41, 5.74) is 6.08. The Morgan fingerprint density at radius 3 is 2.67 bits per heavy atom. The van der Waals surface area contributed by atoms with Crippen LogP contribution in [0, 0.1) is 11.6 Å². The topological polar surface area (TPSA) is 26.0 Å². The SMILES string of the molecule is CCCCC[C@@H](N)c1cccc(F)c1F. The van der Waals surface area contributed by atoms with Gasteiger partial charge < -0.3 is 5.73 Å². The number of nitrogens with two attached hydrogens (primary N) is 1. The third-order valence-electron chi connectivity index (χ3n) is 2.50. The first-order chi connectivity index (χ1) is 7.16. The highest BCUT2D eigenvalue weighted by Crippen LogP contribution is 2.21. The van der Waals surface area contributed by atoms with Gasteiger partial charge in [0.05, 0.1) is 0 Å². The summed E-state index contributed by atoms with van der Waals surface area (Å²) in [6.45, 7) is 2.09. The zero-order valence-corrected chi connectivity index (χ0v) is 8.97. The third kappa shape index (κ3) is 3.27. The smallest absolute Gasteiger partial charge is 0.163 e. The number of hydrogen-bond donors (Lipinski definition) is 1. The lowest BCUT2D eigenvalue weighted by atomic mass is 10.0. The maximum Gasteiger partial charge on any atom is 0.163 e. The van der Waals surface area contributed by atoms with E-state index in [9.17, 15) is 8.78 Å². The Hall–Kier alpha value is -0.960. The molecule has 0 spiro atoms. The fraction of sp³-hybridized carbons (Fsp3) is 0.500. The van der Waals surface area contributed by atoms with Crippen molar-refractivity contribution in [2.45, 2.75) is 38.6 Å². The first kappa shape index (κ1) is 12.1. The van der Waals surface area contributed by atoms with Crippen molar-refractivity contribution in [3.8, 4) is 0 Å². The largest absolute Gasteiger partial charge is 0.324 e. The highest BCUT2D eigenvalue weighted by Gasteiger charge is 2.13. The van der Waals surface area contributed by atoms with Crippen LogP contribution in [-0.4, -0.2) is 0 Å². The molecule has 0 aliphatic carbocycles. The molecule has 0 unspecified atom stereocenters. The summed E-state index contributed by atoms with van der Waals surface area (Å²) in [7, 11) is 0. The maximum atomic E-state index is 13.3. The molecular formula is C12H17F2N. The summed E-state index contributed by atoms with van der Waals surface area (Å²) in [6.07, 6.45) is 3.82. The van der Waals surface area contributed by atoms with Gasteiger partial charge in [0.25, 0.3) is 0 Å². The summed E-state index contributed by atoms with van der Waals surface area (Å²) in [6, 6.07) is 3.76. The Labute approximate surface area is 89.3 Å². The molecule has 0 heterocycles. The first-order valence-corrected chi connectivity index (χ1v) is 5.36. The molecule has 0 aromatic heterocycles. The highest BCUT2D eigenvalue weighted by molar-refractivity contribution is 5.22. The van der Waals surface area contributed by atoms with Gasteiger partial charge in [-0.05, 0) is 12.5 Å². The van der Waals surface area contributed by atoms with E-state index < -0.39 is 17.7 Å². The summed E-state index contributed by atoms with van der Waals surface area (Å²) in [4.78, 5) is 0. The minimum Gasteiger partial charge on any atom is -0.324 e. The van der Waals surface area contributed by atoms with Crippen molar-refractivity contribution in [1.82, 2.24) is 0 Å². The average molecular weight is 213 g/mol. The van der Waals surface area contributed by atoms with Crippen LogP contribution in [0.15, 0.2) is 18.2 Å². The van der Waals surface area contributed by atoms with Crippen LogP contribution in [0.25, 0.3) is 0 Å². The summed E-state index contributed by atoms with van der Waals surface area (Å²) in [5.74, 6) is -1.63. The van der Waals surface area contributed by atoms with E-state index in [1.54, 1.807) is 6.07 Å². The molecule has 0 aliphatic rings. The van der Waals surface area contributed by atoms with Gasteiger partial charge in [0.15, 0.2) is 11.6 Å². The molecule has 0 saturated heterocycles. The van der Waals surface area contributed by atoms with Crippen LogP contribution < -0.4 is 5.73 Å². The number of unbranched alkanes of at least 4 members (excludes halogenated alkanes) is 2. The van der Waals surface area contributed by atoms with E-state index in [-0.39, 0.29) is 5.56 Å². The lowest BCUT2D eigenvalue weighted by Gasteiger charge is -2.12. The molecule has 15 heavy (non-hydrogen) atoms. The van der Waals surface area contributed by atoms with Gasteiger partial charge in [-0.25, -0.2) is 8.78 Å². The van der Waals surface area contributed by atoms with Gasteiger partial charge >= 0.3 is 0 Å². The summed E-state index contributed by atoms with van der Waals surface area (Å²) in [5, 5.41) is 0. The molecule has 0 fully saturated rings. The Morgan fingerprint density at radius 2 is 2.00 bits per heavy atom. The van der Waals surface area contributed by atoms with Gasteiger partial charge in [-0.2, -0.15) is 0 Å². The normalized spacial score (nSPS) is 12.8. The predicted octanol–water partition coefficient (Wildman–Crippen LogP) is 3.54. The maximum absolute atomic E-state index is 13.3. The molecule has 1 nitrogen and oxygen atoms in total. The van der Waals surface area contributed by atoms with Gasteiger partial charge in [-0.15, -0.1) is 0 Å². The van der Waals surface area contributed by atoms with Gasteiger partial charge in [0.1, 0.15) is 0 Å². The van der Waals surface area contributed by atoms with Crippen LogP contribution in [0.4, 0.5) is 8.78 Å². The molecule has 2 N–H and O–H groups in total. The van der Waals surface area contributed by atoms with Crippen molar-refractivity contribution in [1.29, 1.82) is 0 Å². The molecule has 1 aromatic rings. The van der Waals surface area contributed by atoms with Crippen LogP contribution in [-0.2, 0) is 0 Å². The molecule has 0 bridgehead atoms. The second-order valence-electron chi connectivity index (χ2n) is 3.75. The lowest BCUT2D eigenvalue weighted by molar-refractivity contribution is 0.478. The standard InChI is InChI=1S/C12H17F2N/c1-2-3-4-8-11(15)9-6-5-7-10(13)12(9)14/h5-7,11H,2-4,8,15H2,1H3/t11-/m1/s1. The molecule has 84 valence electrons. The van der Waals surface area contributed by atoms with Crippen LogP contribution in [0.2, 0.25) is 0 Å². The van der Waals surface area contributed by atoms with E-state index in [0.717, 1.165) is 25.3 Å². The van der Waals surface area contributed by atoms with E-state index in [0.29, 0.717) is 6.42 Å². The average Bonchev–Trinajstić information content (AvgIpc) is 2.22. The fourth-order valence-electron chi connectivity index (χ4n) is 1.58. The summed E-state index contributed by atoms with van der Waals surface area (Å²) < 4.78 is 26.2. The minimum atomic E-state index is -0.821. The second-order valence-corrected chi connectivity index (χ2v) is 3.75. The fourth-order valence-corrected chi connectivity index (χ4v) is 1.58. The minimum absolute atomic E-state index is 0.283. The second kappa shape index (κ2) is 5.81. The Kier molecular flexibility index (Phi) is 4.69. The van der Waals surface area contributed by atoms with Crippen LogP contribution >= 0.6 is 0 Å². The Morgan fingerprint density at radius 1 is 1.27 bits per heavy atom. The van der Waals surface area contributed by atoms with Gasteiger partial charge in [-0.3, -0.25) is 0 Å². The molecule has 0 saturated carbocycles. The number of hydrogen-bond acceptors (Lipinski definition) is 1. The van der Waals surface area contributed by atoms with Gasteiger partial charge in [-0.1, -0.05) is 38.3 Å². The number of benzene rings is 1. The Bertz CT molecular complexity index is 312. The van der Waals surface area contributed by atoms with Gasteiger partial charge in [0.2, 0.25) is 0 Å². The molecule has 0 aliphatic heterocycles. The number of halogens is 2. The number of rotatable bonds is 5. The van der Waals surface area contributed by atoms with E-state index >= 15 is 0 Å². The lowest BCUT2D eigenvalue weighted by Crippen LogP contribution is -2.12. The van der Waals surface area contributed by atoms with E-state index in [2.05, 4.69) is 6.92 Å². The van der Waals surface area contributed by atoms with Crippen molar-refractivity contribution in [2.24, 2.45) is 5.73 Å². The molecule has 0 amide bonds. The predicted molar refractivity (Wildman–Crippen MR) is 57.4 cm³/mol. The van der Waals surface area contributed by atoms with E-state index in [1.807, 2.05) is 0 Å². The van der Waals surface area contributed by atoms with Crippen molar-refractivity contribution < 1.29 is 8.78 Å².